The van der Waals surface area contributed by atoms with Crippen molar-refractivity contribution >= 4 is 17.3 Å². The summed E-state index contributed by atoms with van der Waals surface area (Å²) in [6.07, 6.45) is 0.870. The average Bonchev–Trinajstić information content (AvgIpc) is 2.47. The van der Waals surface area contributed by atoms with Gasteiger partial charge in [-0.05, 0) is 42.3 Å². The van der Waals surface area contributed by atoms with Crippen LogP contribution < -0.4 is 15.8 Å². The maximum Gasteiger partial charge on any atom is 0.262 e. The number of rotatable bonds is 5. The second-order valence-electron chi connectivity index (χ2n) is 4.42. The van der Waals surface area contributed by atoms with Crippen LogP contribution in [0.25, 0.3) is 0 Å². The number of ether oxygens (including phenoxy) is 1. The van der Waals surface area contributed by atoms with Gasteiger partial charge in [-0.1, -0.05) is 25.1 Å². The first-order valence-corrected chi connectivity index (χ1v) is 6.55. The number of nitrogens with one attached hydrogen (secondary N) is 1. The van der Waals surface area contributed by atoms with Crippen LogP contribution in [0, 0.1) is 0 Å². The minimum absolute atomic E-state index is 0.0258. The van der Waals surface area contributed by atoms with E-state index in [9.17, 15) is 4.79 Å². The van der Waals surface area contributed by atoms with Gasteiger partial charge >= 0.3 is 0 Å². The number of aryl methyl sites for hydroxylation is 1. The molecule has 104 valence electrons. The minimum atomic E-state index is -0.178. The van der Waals surface area contributed by atoms with Crippen LogP contribution in [0.5, 0.6) is 5.75 Å². The minimum Gasteiger partial charge on any atom is -0.484 e. The lowest BCUT2D eigenvalue weighted by atomic mass is 10.1. The quantitative estimate of drug-likeness (QED) is 0.821. The van der Waals surface area contributed by atoms with E-state index < -0.39 is 0 Å². The molecular formula is C16H18N2O2. The average molecular weight is 270 g/mol. The first-order valence-electron chi connectivity index (χ1n) is 6.55. The molecule has 2 rings (SSSR count). The smallest absolute Gasteiger partial charge is 0.262 e. The third kappa shape index (κ3) is 3.75. The van der Waals surface area contributed by atoms with Gasteiger partial charge in [0.25, 0.3) is 5.91 Å². The van der Waals surface area contributed by atoms with Gasteiger partial charge in [-0.3, -0.25) is 4.79 Å². The number of carbonyl (C=O) groups is 1. The van der Waals surface area contributed by atoms with Crippen molar-refractivity contribution in [3.63, 3.8) is 0 Å². The van der Waals surface area contributed by atoms with Crippen molar-refractivity contribution in [2.75, 3.05) is 17.7 Å². The lowest BCUT2D eigenvalue weighted by molar-refractivity contribution is -0.118. The second kappa shape index (κ2) is 6.61. The van der Waals surface area contributed by atoms with Crippen molar-refractivity contribution in [3.05, 3.63) is 54.1 Å². The lowest BCUT2D eigenvalue weighted by Crippen LogP contribution is -2.20. The molecule has 0 unspecified atom stereocenters. The topological polar surface area (TPSA) is 64.3 Å². The van der Waals surface area contributed by atoms with Gasteiger partial charge < -0.3 is 15.8 Å². The van der Waals surface area contributed by atoms with Crippen LogP contribution in [0.3, 0.4) is 0 Å². The Bertz CT molecular complexity index is 579. The Morgan fingerprint density at radius 3 is 2.55 bits per heavy atom. The predicted octanol–water partition coefficient (Wildman–Crippen LogP) is 2.85. The van der Waals surface area contributed by atoms with E-state index in [4.69, 9.17) is 10.5 Å². The van der Waals surface area contributed by atoms with E-state index in [1.807, 2.05) is 24.3 Å². The summed E-state index contributed by atoms with van der Waals surface area (Å²) in [7, 11) is 0. The van der Waals surface area contributed by atoms with Gasteiger partial charge in [0, 0.05) is 11.4 Å². The van der Waals surface area contributed by atoms with Crippen LogP contribution in [0.15, 0.2) is 48.5 Å². The van der Waals surface area contributed by atoms with E-state index in [-0.39, 0.29) is 12.5 Å². The predicted molar refractivity (Wildman–Crippen MR) is 80.8 cm³/mol. The van der Waals surface area contributed by atoms with Crippen LogP contribution in [-0.4, -0.2) is 12.5 Å². The molecule has 2 aromatic carbocycles. The number of para-hydroxylation sites is 1. The molecule has 20 heavy (non-hydrogen) atoms. The molecule has 2 aromatic rings. The summed E-state index contributed by atoms with van der Waals surface area (Å²) in [5, 5.41) is 2.85. The van der Waals surface area contributed by atoms with Gasteiger partial charge in [0.05, 0.1) is 0 Å². The standard InChI is InChI=1S/C16H18N2O2/c1-2-12-5-3-4-6-15(12)18-16(19)11-20-14-9-7-13(17)8-10-14/h3-10H,2,11,17H2,1H3,(H,18,19). The molecular weight excluding hydrogens is 252 g/mol. The van der Waals surface area contributed by atoms with E-state index in [1.165, 1.54) is 0 Å². The molecule has 0 radical (unpaired) electrons. The Balaban J connectivity index is 1.91. The maximum atomic E-state index is 11.9. The Kier molecular flexibility index (Phi) is 4.60. The Labute approximate surface area is 118 Å². The summed E-state index contributed by atoms with van der Waals surface area (Å²) in [6, 6.07) is 14.7. The largest absolute Gasteiger partial charge is 0.484 e. The van der Waals surface area contributed by atoms with E-state index in [1.54, 1.807) is 24.3 Å². The van der Waals surface area contributed by atoms with E-state index in [0.29, 0.717) is 11.4 Å². The highest BCUT2D eigenvalue weighted by Crippen LogP contribution is 2.16. The van der Waals surface area contributed by atoms with E-state index >= 15 is 0 Å². The molecule has 3 N–H and O–H groups in total. The summed E-state index contributed by atoms with van der Waals surface area (Å²) in [6.45, 7) is 2.03. The van der Waals surface area contributed by atoms with E-state index in [0.717, 1.165) is 17.7 Å². The van der Waals surface area contributed by atoms with Gasteiger partial charge in [0.15, 0.2) is 6.61 Å². The molecule has 0 atom stereocenters. The van der Waals surface area contributed by atoms with Gasteiger partial charge in [-0.25, -0.2) is 0 Å². The fraction of sp³-hybridized carbons (Fsp3) is 0.188. The molecule has 0 aromatic heterocycles. The van der Waals surface area contributed by atoms with Gasteiger partial charge in [0.1, 0.15) is 5.75 Å². The number of amides is 1. The van der Waals surface area contributed by atoms with Crippen molar-refractivity contribution in [2.45, 2.75) is 13.3 Å². The van der Waals surface area contributed by atoms with Crippen LogP contribution in [-0.2, 0) is 11.2 Å². The molecule has 0 saturated carbocycles. The monoisotopic (exact) mass is 270 g/mol. The fourth-order valence-electron chi connectivity index (χ4n) is 1.85. The molecule has 0 saturated heterocycles. The summed E-state index contributed by atoms with van der Waals surface area (Å²) < 4.78 is 5.40. The number of nitrogens with two attached hydrogens (primary N) is 1. The molecule has 4 heteroatoms. The third-order valence-electron chi connectivity index (χ3n) is 2.92. The fourth-order valence-corrected chi connectivity index (χ4v) is 1.85. The highest BCUT2D eigenvalue weighted by atomic mass is 16.5. The molecule has 0 spiro atoms. The maximum absolute atomic E-state index is 11.9. The summed E-state index contributed by atoms with van der Waals surface area (Å²) >= 11 is 0. The number of benzene rings is 2. The Morgan fingerprint density at radius 1 is 1.15 bits per heavy atom. The lowest BCUT2D eigenvalue weighted by Gasteiger charge is -2.10. The van der Waals surface area contributed by atoms with Crippen molar-refractivity contribution in [1.29, 1.82) is 0 Å². The van der Waals surface area contributed by atoms with Crippen LogP contribution in [0.1, 0.15) is 12.5 Å². The normalized spacial score (nSPS) is 10.1. The molecule has 1 amide bonds. The molecule has 0 aliphatic heterocycles. The summed E-state index contributed by atoms with van der Waals surface area (Å²) in [5.74, 6) is 0.445. The number of hydrogen-bond acceptors (Lipinski definition) is 3. The van der Waals surface area contributed by atoms with Crippen LogP contribution in [0.2, 0.25) is 0 Å². The zero-order valence-electron chi connectivity index (χ0n) is 11.4. The van der Waals surface area contributed by atoms with Crippen molar-refractivity contribution in [3.8, 4) is 5.75 Å². The van der Waals surface area contributed by atoms with Crippen molar-refractivity contribution in [2.24, 2.45) is 0 Å². The highest BCUT2D eigenvalue weighted by Gasteiger charge is 2.06. The zero-order chi connectivity index (χ0) is 14.4. The van der Waals surface area contributed by atoms with Crippen molar-refractivity contribution < 1.29 is 9.53 Å². The van der Waals surface area contributed by atoms with Crippen LogP contribution >= 0.6 is 0 Å². The summed E-state index contributed by atoms with van der Waals surface area (Å²) in [5.41, 5.74) is 8.19. The van der Waals surface area contributed by atoms with Gasteiger partial charge in [0.2, 0.25) is 0 Å². The molecule has 0 bridgehead atoms. The van der Waals surface area contributed by atoms with E-state index in [2.05, 4.69) is 12.2 Å². The molecule has 0 aliphatic rings. The first-order chi connectivity index (χ1) is 9.69. The Morgan fingerprint density at radius 2 is 1.85 bits per heavy atom. The molecule has 0 aliphatic carbocycles. The number of nitrogen functional groups attached to an aromatic ring is 1. The summed E-state index contributed by atoms with van der Waals surface area (Å²) in [4.78, 5) is 11.9. The number of hydrogen-bond donors (Lipinski definition) is 2. The SMILES string of the molecule is CCc1ccccc1NC(=O)COc1ccc(N)cc1. The van der Waals surface area contributed by atoms with Gasteiger partial charge in [-0.15, -0.1) is 0 Å². The molecule has 0 heterocycles. The van der Waals surface area contributed by atoms with Crippen molar-refractivity contribution in [1.82, 2.24) is 0 Å². The number of carbonyl (C=O) groups excluding carboxylic acids is 1. The molecule has 0 fully saturated rings. The molecule has 4 nitrogen and oxygen atoms in total. The third-order valence-corrected chi connectivity index (χ3v) is 2.92. The van der Waals surface area contributed by atoms with Crippen LogP contribution in [0.4, 0.5) is 11.4 Å². The zero-order valence-corrected chi connectivity index (χ0v) is 11.4. The first kappa shape index (κ1) is 13.9. The number of anilines is 2. The second-order valence-corrected chi connectivity index (χ2v) is 4.42. The Hall–Kier alpha value is -2.49. The van der Waals surface area contributed by atoms with Gasteiger partial charge in [-0.2, -0.15) is 0 Å². The highest BCUT2D eigenvalue weighted by molar-refractivity contribution is 5.92.